The number of fused-ring (bicyclic) bond motifs is 1. The van der Waals surface area contributed by atoms with E-state index in [0.717, 1.165) is 5.56 Å². The molecule has 0 radical (unpaired) electrons. The molecule has 1 aliphatic carbocycles. The predicted octanol–water partition coefficient (Wildman–Crippen LogP) is 2.77. The van der Waals surface area contributed by atoms with Gasteiger partial charge in [0.1, 0.15) is 11.0 Å². The molecule has 0 saturated heterocycles. The summed E-state index contributed by atoms with van der Waals surface area (Å²) in [5.41, 5.74) is 1.47. The summed E-state index contributed by atoms with van der Waals surface area (Å²) in [6, 6.07) is 1.98. The van der Waals surface area contributed by atoms with Gasteiger partial charge in [-0.3, -0.25) is 9.59 Å². The van der Waals surface area contributed by atoms with E-state index >= 15 is 0 Å². The lowest BCUT2D eigenvalue weighted by atomic mass is 10.1. The average molecular weight is 338 g/mol. The fraction of sp³-hybridized carbons (Fsp3) is 0.562. The SMILES string of the molecule is C[C@@H](C1CC1)N1Cc2cc(Cl)nc(NCCCC(=O)O)c2C1=O. The smallest absolute Gasteiger partial charge is 0.303 e. The van der Waals surface area contributed by atoms with Crippen LogP contribution in [-0.4, -0.2) is 39.5 Å². The van der Waals surface area contributed by atoms with Crippen LogP contribution in [0.5, 0.6) is 0 Å². The van der Waals surface area contributed by atoms with Crippen molar-refractivity contribution in [3.05, 3.63) is 22.3 Å². The summed E-state index contributed by atoms with van der Waals surface area (Å²) < 4.78 is 0. The third kappa shape index (κ3) is 3.42. The predicted molar refractivity (Wildman–Crippen MR) is 86.7 cm³/mol. The monoisotopic (exact) mass is 337 g/mol. The summed E-state index contributed by atoms with van der Waals surface area (Å²) in [6.07, 6.45) is 2.91. The van der Waals surface area contributed by atoms with Gasteiger partial charge in [0.05, 0.1) is 5.56 Å². The minimum atomic E-state index is -0.836. The maximum absolute atomic E-state index is 12.8. The summed E-state index contributed by atoms with van der Waals surface area (Å²) in [5.74, 6) is 0.220. The number of carboxylic acids is 1. The zero-order valence-corrected chi connectivity index (χ0v) is 13.8. The molecule has 1 aliphatic heterocycles. The molecule has 1 atom stereocenters. The summed E-state index contributed by atoms with van der Waals surface area (Å²) in [5, 5.41) is 12.1. The molecule has 23 heavy (non-hydrogen) atoms. The van der Waals surface area contributed by atoms with Crippen LogP contribution in [0.15, 0.2) is 6.07 Å². The molecule has 1 fully saturated rings. The van der Waals surface area contributed by atoms with Gasteiger partial charge in [-0.05, 0) is 43.7 Å². The Morgan fingerprint density at radius 1 is 1.57 bits per heavy atom. The second-order valence-electron chi connectivity index (χ2n) is 6.26. The third-order valence-electron chi connectivity index (χ3n) is 4.54. The summed E-state index contributed by atoms with van der Waals surface area (Å²) in [6.45, 7) is 3.10. The van der Waals surface area contributed by atoms with Gasteiger partial charge in [-0.2, -0.15) is 0 Å². The number of hydrogen-bond acceptors (Lipinski definition) is 4. The van der Waals surface area contributed by atoms with E-state index in [1.807, 2.05) is 4.90 Å². The van der Waals surface area contributed by atoms with E-state index in [-0.39, 0.29) is 18.4 Å². The third-order valence-corrected chi connectivity index (χ3v) is 4.73. The molecule has 2 aliphatic rings. The number of carboxylic acid groups (broad SMARTS) is 1. The number of rotatable bonds is 7. The number of nitrogens with zero attached hydrogens (tertiary/aromatic N) is 2. The fourth-order valence-corrected chi connectivity index (χ4v) is 3.28. The first kappa shape index (κ1) is 16.1. The van der Waals surface area contributed by atoms with Gasteiger partial charge in [0.25, 0.3) is 5.91 Å². The van der Waals surface area contributed by atoms with Gasteiger partial charge in [-0.15, -0.1) is 0 Å². The number of nitrogens with one attached hydrogen (secondary N) is 1. The first-order valence-corrected chi connectivity index (χ1v) is 8.31. The quantitative estimate of drug-likeness (QED) is 0.590. The molecule has 3 rings (SSSR count). The van der Waals surface area contributed by atoms with Crippen molar-refractivity contribution in [3.63, 3.8) is 0 Å². The van der Waals surface area contributed by atoms with Crippen molar-refractivity contribution in [1.29, 1.82) is 0 Å². The Hall–Kier alpha value is -1.82. The lowest BCUT2D eigenvalue weighted by Crippen LogP contribution is -2.34. The molecule has 1 aromatic heterocycles. The van der Waals surface area contributed by atoms with Crippen LogP contribution in [0.1, 0.15) is 48.5 Å². The number of anilines is 1. The van der Waals surface area contributed by atoms with Crippen molar-refractivity contribution in [2.45, 2.75) is 45.2 Å². The van der Waals surface area contributed by atoms with E-state index in [4.69, 9.17) is 16.7 Å². The normalized spacial score (nSPS) is 18.0. The van der Waals surface area contributed by atoms with E-state index in [1.165, 1.54) is 12.8 Å². The maximum atomic E-state index is 12.8. The van der Waals surface area contributed by atoms with E-state index in [1.54, 1.807) is 6.07 Å². The Balaban J connectivity index is 1.75. The van der Waals surface area contributed by atoms with Crippen molar-refractivity contribution in [2.75, 3.05) is 11.9 Å². The minimum Gasteiger partial charge on any atom is -0.481 e. The van der Waals surface area contributed by atoms with Gasteiger partial charge >= 0.3 is 5.97 Å². The highest BCUT2D eigenvalue weighted by Crippen LogP contribution is 2.39. The van der Waals surface area contributed by atoms with Crippen molar-refractivity contribution in [2.24, 2.45) is 5.92 Å². The number of aromatic nitrogens is 1. The van der Waals surface area contributed by atoms with Gasteiger partial charge < -0.3 is 15.3 Å². The Labute approximate surface area is 139 Å². The molecule has 6 nitrogen and oxygen atoms in total. The Morgan fingerprint density at radius 3 is 2.96 bits per heavy atom. The van der Waals surface area contributed by atoms with Crippen LogP contribution in [0, 0.1) is 5.92 Å². The second-order valence-corrected chi connectivity index (χ2v) is 6.65. The van der Waals surface area contributed by atoms with Gasteiger partial charge in [0, 0.05) is 25.6 Å². The molecule has 2 heterocycles. The van der Waals surface area contributed by atoms with Crippen molar-refractivity contribution in [1.82, 2.24) is 9.88 Å². The largest absolute Gasteiger partial charge is 0.481 e. The van der Waals surface area contributed by atoms with Gasteiger partial charge in [-0.1, -0.05) is 11.6 Å². The van der Waals surface area contributed by atoms with Crippen LogP contribution in [0.4, 0.5) is 5.82 Å². The summed E-state index contributed by atoms with van der Waals surface area (Å²) in [7, 11) is 0. The number of pyridine rings is 1. The molecule has 1 aromatic rings. The number of amides is 1. The number of carbonyl (C=O) groups excluding carboxylic acids is 1. The number of carbonyl (C=O) groups is 2. The zero-order chi connectivity index (χ0) is 16.6. The topological polar surface area (TPSA) is 82.5 Å². The Morgan fingerprint density at radius 2 is 2.30 bits per heavy atom. The molecular formula is C16H20ClN3O3. The highest BCUT2D eigenvalue weighted by molar-refractivity contribution is 6.29. The minimum absolute atomic E-state index is 0.00991. The van der Waals surface area contributed by atoms with Crippen LogP contribution >= 0.6 is 11.6 Å². The van der Waals surface area contributed by atoms with Crippen molar-refractivity contribution < 1.29 is 14.7 Å². The number of hydrogen-bond donors (Lipinski definition) is 2. The molecule has 2 N–H and O–H groups in total. The maximum Gasteiger partial charge on any atom is 0.303 e. The Bertz CT molecular complexity index is 646. The lowest BCUT2D eigenvalue weighted by Gasteiger charge is -2.24. The van der Waals surface area contributed by atoms with Gasteiger partial charge in [0.15, 0.2) is 0 Å². The molecule has 0 bridgehead atoms. The molecule has 0 spiro atoms. The second kappa shape index (κ2) is 6.35. The zero-order valence-electron chi connectivity index (χ0n) is 13.0. The summed E-state index contributed by atoms with van der Waals surface area (Å²) >= 11 is 6.07. The van der Waals surface area contributed by atoms with E-state index in [0.29, 0.717) is 42.0 Å². The summed E-state index contributed by atoms with van der Waals surface area (Å²) in [4.78, 5) is 29.4. The highest BCUT2D eigenvalue weighted by atomic mass is 35.5. The van der Waals surface area contributed by atoms with Crippen molar-refractivity contribution >= 4 is 29.3 Å². The van der Waals surface area contributed by atoms with Crippen LogP contribution < -0.4 is 5.32 Å². The van der Waals surface area contributed by atoms with E-state index in [2.05, 4.69) is 17.2 Å². The highest BCUT2D eigenvalue weighted by Gasteiger charge is 2.40. The fourth-order valence-electron chi connectivity index (χ4n) is 3.06. The van der Waals surface area contributed by atoms with Gasteiger partial charge in [-0.25, -0.2) is 4.98 Å². The van der Waals surface area contributed by atoms with Crippen molar-refractivity contribution in [3.8, 4) is 0 Å². The van der Waals surface area contributed by atoms with Gasteiger partial charge in [0.2, 0.25) is 0 Å². The molecule has 1 saturated carbocycles. The first-order chi connectivity index (χ1) is 11.0. The average Bonchev–Trinajstić information content (AvgIpc) is 3.27. The Kier molecular flexibility index (Phi) is 4.43. The lowest BCUT2D eigenvalue weighted by molar-refractivity contribution is -0.137. The van der Waals surface area contributed by atoms with Crippen LogP contribution in [0.2, 0.25) is 5.15 Å². The number of aliphatic carboxylic acids is 1. The van der Waals surface area contributed by atoms with E-state index < -0.39 is 5.97 Å². The van der Waals surface area contributed by atoms with Crippen LogP contribution in [-0.2, 0) is 11.3 Å². The molecule has 124 valence electrons. The van der Waals surface area contributed by atoms with E-state index in [9.17, 15) is 9.59 Å². The molecular weight excluding hydrogens is 318 g/mol. The van der Waals surface area contributed by atoms with Crippen LogP contribution in [0.25, 0.3) is 0 Å². The van der Waals surface area contributed by atoms with Crippen LogP contribution in [0.3, 0.4) is 0 Å². The molecule has 7 heteroatoms. The number of halogens is 1. The molecule has 1 amide bonds. The molecule has 0 unspecified atom stereocenters. The first-order valence-electron chi connectivity index (χ1n) is 7.93. The standard InChI is InChI=1S/C16H20ClN3O3/c1-9(10-4-5-10)20-8-11-7-12(17)19-15(14(11)16(20)23)18-6-2-3-13(21)22/h7,9-10H,2-6,8H2,1H3,(H,18,19)(H,21,22)/t9-/m0/s1. The molecule has 0 aromatic carbocycles.